The maximum absolute atomic E-state index is 12.4. The lowest BCUT2D eigenvalue weighted by atomic mass is 9.86. The van der Waals surface area contributed by atoms with Crippen molar-refractivity contribution in [1.29, 1.82) is 0 Å². The number of nitrogens with zero attached hydrogens (tertiary/aromatic N) is 4. The Morgan fingerprint density at radius 2 is 1.82 bits per heavy atom. The molecule has 9 heteroatoms. The number of likely N-dealkylation sites (tertiary alicyclic amines) is 1. The van der Waals surface area contributed by atoms with Crippen LogP contribution in [0.3, 0.4) is 0 Å². The summed E-state index contributed by atoms with van der Waals surface area (Å²) in [5.41, 5.74) is 5.69. The first-order chi connectivity index (χ1) is 16.5. The van der Waals surface area contributed by atoms with Crippen LogP contribution in [0.25, 0.3) is 0 Å². The zero-order valence-corrected chi connectivity index (χ0v) is 20.7. The van der Waals surface area contributed by atoms with E-state index in [0.29, 0.717) is 37.1 Å². The van der Waals surface area contributed by atoms with Gasteiger partial charge in [-0.3, -0.25) is 4.57 Å². The highest BCUT2D eigenvalue weighted by Crippen LogP contribution is 2.30. The summed E-state index contributed by atoms with van der Waals surface area (Å²) < 4.78 is 1.65. The van der Waals surface area contributed by atoms with E-state index < -0.39 is 5.60 Å². The Bertz CT molecular complexity index is 918. The van der Waals surface area contributed by atoms with Crippen LogP contribution in [0.2, 0.25) is 0 Å². The normalized spacial score (nSPS) is 18.7. The van der Waals surface area contributed by atoms with E-state index in [0.717, 1.165) is 64.0 Å². The van der Waals surface area contributed by atoms with Gasteiger partial charge in [-0.15, -0.1) is 0 Å². The lowest BCUT2D eigenvalue weighted by molar-refractivity contribution is 0.00566. The Labute approximate surface area is 202 Å². The molecule has 2 aromatic rings. The first-order valence-electron chi connectivity index (χ1n) is 12.7. The molecule has 0 spiro atoms. The van der Waals surface area contributed by atoms with Crippen molar-refractivity contribution in [2.45, 2.75) is 70.6 Å². The number of aromatic nitrogens is 3. The molecule has 2 saturated heterocycles. The minimum Gasteiger partial charge on any atom is -0.385 e. The van der Waals surface area contributed by atoms with Crippen molar-refractivity contribution in [1.82, 2.24) is 24.8 Å². The summed E-state index contributed by atoms with van der Waals surface area (Å²) in [6, 6.07) is 5.86. The molecule has 4 rings (SSSR count). The van der Waals surface area contributed by atoms with Gasteiger partial charge >= 0.3 is 5.69 Å². The summed E-state index contributed by atoms with van der Waals surface area (Å²) in [6.07, 6.45) is 8.98. The number of piperidine rings is 2. The van der Waals surface area contributed by atoms with Gasteiger partial charge in [0.25, 0.3) is 0 Å². The van der Waals surface area contributed by atoms with Crippen LogP contribution in [0.1, 0.15) is 57.9 Å². The molecular weight excluding hydrogens is 430 g/mol. The number of pyridine rings is 1. The van der Waals surface area contributed by atoms with Crippen molar-refractivity contribution >= 4 is 11.6 Å². The van der Waals surface area contributed by atoms with E-state index in [2.05, 4.69) is 25.5 Å². The number of hydrogen-bond donors (Lipinski definition) is 4. The maximum atomic E-state index is 12.4. The summed E-state index contributed by atoms with van der Waals surface area (Å²) in [5, 5.41) is 17.1. The van der Waals surface area contributed by atoms with Gasteiger partial charge in [-0.2, -0.15) is 4.98 Å². The van der Waals surface area contributed by atoms with Crippen molar-refractivity contribution in [3.8, 4) is 0 Å². The summed E-state index contributed by atoms with van der Waals surface area (Å²) in [7, 11) is 0. The first-order valence-corrected chi connectivity index (χ1v) is 12.7. The van der Waals surface area contributed by atoms with Crippen LogP contribution in [-0.2, 0) is 12.1 Å². The van der Waals surface area contributed by atoms with E-state index in [1.807, 2.05) is 26.0 Å². The van der Waals surface area contributed by atoms with Gasteiger partial charge in [-0.1, -0.05) is 19.9 Å². The fourth-order valence-corrected chi connectivity index (χ4v) is 4.47. The highest BCUT2D eigenvalue weighted by Gasteiger charge is 2.31. The van der Waals surface area contributed by atoms with Gasteiger partial charge in [0.1, 0.15) is 11.6 Å². The predicted molar refractivity (Wildman–Crippen MR) is 136 cm³/mol. The van der Waals surface area contributed by atoms with E-state index in [1.54, 1.807) is 23.0 Å². The number of anilines is 2. The van der Waals surface area contributed by atoms with Crippen LogP contribution in [-0.4, -0.2) is 63.3 Å². The van der Waals surface area contributed by atoms with Gasteiger partial charge in [0.2, 0.25) is 0 Å². The second-order valence-corrected chi connectivity index (χ2v) is 9.01. The Hall–Kier alpha value is -2.33. The molecule has 34 heavy (non-hydrogen) atoms. The quantitative estimate of drug-likeness (QED) is 0.432. The molecule has 0 unspecified atom stereocenters. The van der Waals surface area contributed by atoms with Crippen molar-refractivity contribution < 1.29 is 5.11 Å². The average molecular weight is 472 g/mol. The molecule has 2 aliphatic rings. The van der Waals surface area contributed by atoms with Gasteiger partial charge < -0.3 is 26.4 Å². The number of aryl methyl sites for hydroxylation is 1. The van der Waals surface area contributed by atoms with Crippen LogP contribution >= 0.6 is 0 Å². The highest BCUT2D eigenvalue weighted by atomic mass is 16.3. The summed E-state index contributed by atoms with van der Waals surface area (Å²) in [4.78, 5) is 23.4. The zero-order valence-electron chi connectivity index (χ0n) is 20.7. The second-order valence-electron chi connectivity index (χ2n) is 9.01. The van der Waals surface area contributed by atoms with Gasteiger partial charge in [0.15, 0.2) is 0 Å². The first kappa shape index (κ1) is 26.3. The molecular formula is C25H41N7O2. The Kier molecular flexibility index (Phi) is 10.0. The van der Waals surface area contributed by atoms with Crippen LogP contribution in [0.4, 0.5) is 11.6 Å². The summed E-state index contributed by atoms with van der Waals surface area (Å²) in [5.74, 6) is 1.06. The topological polar surface area (TPSA) is 121 Å². The molecule has 2 aliphatic heterocycles. The third-order valence-electron chi connectivity index (χ3n) is 6.62. The van der Waals surface area contributed by atoms with Crippen LogP contribution < -0.4 is 22.1 Å². The molecule has 0 radical (unpaired) electrons. The molecule has 0 aliphatic carbocycles. The number of nitrogens with one attached hydrogen (secondary N) is 2. The van der Waals surface area contributed by atoms with Crippen molar-refractivity contribution in [3.63, 3.8) is 0 Å². The van der Waals surface area contributed by atoms with Crippen LogP contribution in [0.15, 0.2) is 35.4 Å². The smallest absolute Gasteiger partial charge is 0.349 e. The van der Waals surface area contributed by atoms with Crippen molar-refractivity contribution in [3.05, 3.63) is 46.6 Å². The third-order valence-corrected chi connectivity index (χ3v) is 6.62. The second kappa shape index (κ2) is 12.9. The number of unbranched alkanes of at least 4 members (excludes halogenated alkanes) is 1. The fraction of sp³-hybridized carbons (Fsp3) is 0.640. The SMILES string of the molecule is CC.NC1CCN(CCCCn2ccc(Nc3ccc(C4(O)CCNCC4)cn3)nc2=O)CC1. The van der Waals surface area contributed by atoms with E-state index in [1.165, 1.54) is 0 Å². The Morgan fingerprint density at radius 1 is 1.12 bits per heavy atom. The molecule has 5 N–H and O–H groups in total. The molecule has 0 aromatic carbocycles. The van der Waals surface area contributed by atoms with Crippen molar-refractivity contribution in [2.75, 3.05) is 38.0 Å². The van der Waals surface area contributed by atoms with E-state index in [9.17, 15) is 9.90 Å². The molecule has 188 valence electrons. The maximum Gasteiger partial charge on any atom is 0.349 e. The van der Waals surface area contributed by atoms with Gasteiger partial charge in [0.05, 0.1) is 5.60 Å². The molecule has 2 aromatic heterocycles. The molecule has 0 bridgehead atoms. The molecule has 9 nitrogen and oxygen atoms in total. The van der Waals surface area contributed by atoms with Gasteiger partial charge in [-0.25, -0.2) is 9.78 Å². The molecule has 0 atom stereocenters. The molecule has 0 amide bonds. The molecule has 2 fully saturated rings. The summed E-state index contributed by atoms with van der Waals surface area (Å²) in [6.45, 7) is 9.47. The fourth-order valence-electron chi connectivity index (χ4n) is 4.47. The van der Waals surface area contributed by atoms with Gasteiger partial charge in [-0.05, 0) is 83.4 Å². The van der Waals surface area contributed by atoms with E-state index in [4.69, 9.17) is 5.73 Å². The van der Waals surface area contributed by atoms with E-state index >= 15 is 0 Å². The lowest BCUT2D eigenvalue weighted by Crippen LogP contribution is -2.40. The minimum atomic E-state index is -0.823. The lowest BCUT2D eigenvalue weighted by Gasteiger charge is -2.32. The standard InChI is InChI=1S/C23H35N7O2.C2H6/c24-19-5-14-29(15-6-19)12-1-2-13-30-16-7-21(28-22(30)31)27-20-4-3-18(17-26-20)23(32)8-10-25-11-9-23;1-2/h3-4,7,16-17,19,25,32H,1-2,5-6,8-15,24H2,(H,26,27,28,31);1-2H3. The number of nitrogens with two attached hydrogens (primary N) is 1. The zero-order chi connectivity index (χ0) is 24.4. The third kappa shape index (κ3) is 7.33. The number of rotatable bonds is 8. The van der Waals surface area contributed by atoms with Crippen molar-refractivity contribution in [2.24, 2.45) is 5.73 Å². The van der Waals surface area contributed by atoms with Gasteiger partial charge in [0, 0.05) is 30.5 Å². The average Bonchev–Trinajstić information content (AvgIpc) is 2.86. The Morgan fingerprint density at radius 3 is 2.47 bits per heavy atom. The Balaban J connectivity index is 0.00000158. The highest BCUT2D eigenvalue weighted by molar-refractivity contribution is 5.51. The number of hydrogen-bond acceptors (Lipinski definition) is 8. The predicted octanol–water partition coefficient (Wildman–Crippen LogP) is 2.18. The van der Waals surface area contributed by atoms with Crippen LogP contribution in [0.5, 0.6) is 0 Å². The number of aliphatic hydroxyl groups is 1. The van der Waals surface area contributed by atoms with E-state index in [-0.39, 0.29) is 5.69 Å². The molecule has 0 saturated carbocycles. The summed E-state index contributed by atoms with van der Waals surface area (Å²) >= 11 is 0. The van der Waals surface area contributed by atoms with Crippen LogP contribution in [0, 0.1) is 0 Å². The molecule has 4 heterocycles. The largest absolute Gasteiger partial charge is 0.385 e. The monoisotopic (exact) mass is 471 g/mol. The minimum absolute atomic E-state index is 0.264.